The highest BCUT2D eigenvalue weighted by Crippen LogP contribution is 2.28. The van der Waals surface area contributed by atoms with Gasteiger partial charge in [0.05, 0.1) is 12.7 Å². The number of rotatable bonds is 4. The largest absolute Gasteiger partial charge is 0.375 e. The maximum absolute atomic E-state index is 13.5. The van der Waals surface area contributed by atoms with Crippen LogP contribution >= 0.6 is 12.4 Å². The molecule has 1 saturated carbocycles. The minimum atomic E-state index is -0.208. The summed E-state index contributed by atoms with van der Waals surface area (Å²) in [5, 5.41) is 6.39. The number of morpholine rings is 1. The number of carbonyl (C=O) groups excluding carboxylic acids is 1. The van der Waals surface area contributed by atoms with Gasteiger partial charge in [-0.25, -0.2) is 4.39 Å². The molecule has 23 heavy (non-hydrogen) atoms. The molecule has 128 valence electrons. The third-order valence-corrected chi connectivity index (χ3v) is 4.65. The summed E-state index contributed by atoms with van der Waals surface area (Å²) in [5.74, 6) is -0.0842. The summed E-state index contributed by atoms with van der Waals surface area (Å²) in [4.78, 5) is 12.3. The molecular weight excluding hydrogens is 319 g/mol. The summed E-state index contributed by atoms with van der Waals surface area (Å²) in [6.07, 6.45) is 3.42. The minimum Gasteiger partial charge on any atom is -0.375 e. The van der Waals surface area contributed by atoms with E-state index in [1.807, 2.05) is 6.07 Å². The molecule has 2 aliphatic rings. The summed E-state index contributed by atoms with van der Waals surface area (Å²) in [6.45, 7) is 2.11. The second kappa shape index (κ2) is 8.62. The van der Waals surface area contributed by atoms with Crippen molar-refractivity contribution in [2.75, 3.05) is 19.7 Å². The van der Waals surface area contributed by atoms with Crippen molar-refractivity contribution in [1.82, 2.24) is 10.6 Å². The highest BCUT2D eigenvalue weighted by molar-refractivity contribution is 5.85. The van der Waals surface area contributed by atoms with Crippen molar-refractivity contribution in [3.63, 3.8) is 0 Å². The Hall–Kier alpha value is -1.17. The lowest BCUT2D eigenvalue weighted by Crippen LogP contribution is -2.53. The smallest absolute Gasteiger partial charge is 0.223 e. The molecular formula is C17H24ClFN2O2. The van der Waals surface area contributed by atoms with Gasteiger partial charge in [-0.3, -0.25) is 4.79 Å². The van der Waals surface area contributed by atoms with Gasteiger partial charge in [-0.15, -0.1) is 12.4 Å². The van der Waals surface area contributed by atoms with E-state index < -0.39 is 0 Å². The van der Waals surface area contributed by atoms with Gasteiger partial charge in [-0.1, -0.05) is 18.2 Å². The van der Waals surface area contributed by atoms with Crippen molar-refractivity contribution in [2.45, 2.75) is 37.8 Å². The Labute approximate surface area is 142 Å². The van der Waals surface area contributed by atoms with Gasteiger partial charge in [0.15, 0.2) is 0 Å². The molecule has 3 atom stereocenters. The maximum Gasteiger partial charge on any atom is 0.223 e. The number of ether oxygens (including phenoxy) is 1. The normalized spacial score (nSPS) is 26.7. The van der Waals surface area contributed by atoms with E-state index in [-0.39, 0.29) is 36.2 Å². The topological polar surface area (TPSA) is 50.4 Å². The van der Waals surface area contributed by atoms with E-state index in [1.165, 1.54) is 6.07 Å². The zero-order valence-electron chi connectivity index (χ0n) is 13.1. The van der Waals surface area contributed by atoms with Crippen LogP contribution in [0.15, 0.2) is 24.3 Å². The van der Waals surface area contributed by atoms with Crippen molar-refractivity contribution in [2.24, 2.45) is 5.92 Å². The van der Waals surface area contributed by atoms with Crippen LogP contribution in [-0.4, -0.2) is 37.7 Å². The van der Waals surface area contributed by atoms with Crippen LogP contribution in [0.4, 0.5) is 4.39 Å². The summed E-state index contributed by atoms with van der Waals surface area (Å²) in [6, 6.07) is 7.00. The van der Waals surface area contributed by atoms with E-state index in [9.17, 15) is 9.18 Å². The Kier molecular flexibility index (Phi) is 6.81. The Bertz CT molecular complexity index is 529. The standard InChI is InChI=1S/C17H23FN2O2.ClH/c18-14-4-2-1-3-12(14)7-8-20-17(21)13-5-6-16-15(11-13)19-9-10-22-16;/h1-4,13,15-16,19H,5-11H2,(H,20,21);1H/t13-,15+,16+;/m0./s1. The maximum atomic E-state index is 13.5. The Balaban J connectivity index is 0.00000192. The molecule has 1 aliphatic carbocycles. The molecule has 0 radical (unpaired) electrons. The fraction of sp³-hybridized carbons (Fsp3) is 0.588. The van der Waals surface area contributed by atoms with Gasteiger partial charge in [-0.2, -0.15) is 0 Å². The van der Waals surface area contributed by atoms with E-state index in [4.69, 9.17) is 4.74 Å². The van der Waals surface area contributed by atoms with Gasteiger partial charge in [0.2, 0.25) is 5.91 Å². The van der Waals surface area contributed by atoms with E-state index in [0.29, 0.717) is 24.6 Å². The first kappa shape index (κ1) is 18.2. The van der Waals surface area contributed by atoms with Crippen molar-refractivity contribution >= 4 is 18.3 Å². The summed E-state index contributed by atoms with van der Waals surface area (Å²) < 4.78 is 19.2. The lowest BCUT2D eigenvalue weighted by Gasteiger charge is -2.39. The second-order valence-electron chi connectivity index (χ2n) is 6.11. The molecule has 0 aromatic heterocycles. The third-order valence-electron chi connectivity index (χ3n) is 4.65. The average Bonchev–Trinajstić information content (AvgIpc) is 2.56. The number of benzene rings is 1. The zero-order chi connectivity index (χ0) is 15.4. The van der Waals surface area contributed by atoms with Gasteiger partial charge >= 0.3 is 0 Å². The lowest BCUT2D eigenvalue weighted by molar-refractivity contribution is -0.128. The number of fused-ring (bicyclic) bond motifs is 1. The van der Waals surface area contributed by atoms with E-state index in [1.54, 1.807) is 12.1 Å². The zero-order valence-corrected chi connectivity index (χ0v) is 13.9. The van der Waals surface area contributed by atoms with Gasteiger partial charge in [0.25, 0.3) is 0 Å². The molecule has 0 spiro atoms. The van der Waals surface area contributed by atoms with E-state index >= 15 is 0 Å². The van der Waals surface area contributed by atoms with Crippen molar-refractivity contribution in [3.8, 4) is 0 Å². The number of hydrogen-bond donors (Lipinski definition) is 2. The number of nitrogens with one attached hydrogen (secondary N) is 2. The third kappa shape index (κ3) is 4.66. The van der Waals surface area contributed by atoms with Gasteiger partial charge in [0.1, 0.15) is 5.82 Å². The van der Waals surface area contributed by atoms with E-state index in [2.05, 4.69) is 10.6 Å². The quantitative estimate of drug-likeness (QED) is 0.880. The van der Waals surface area contributed by atoms with Crippen LogP contribution in [0.1, 0.15) is 24.8 Å². The van der Waals surface area contributed by atoms with Crippen LogP contribution in [0, 0.1) is 11.7 Å². The molecule has 0 bridgehead atoms. The second-order valence-corrected chi connectivity index (χ2v) is 6.11. The summed E-state index contributed by atoms with van der Waals surface area (Å²) in [5.41, 5.74) is 0.647. The monoisotopic (exact) mass is 342 g/mol. The Morgan fingerprint density at radius 2 is 2.17 bits per heavy atom. The molecule has 2 N–H and O–H groups in total. The van der Waals surface area contributed by atoms with Gasteiger partial charge < -0.3 is 15.4 Å². The molecule has 1 amide bonds. The predicted octanol–water partition coefficient (Wildman–Crippen LogP) is 2.06. The minimum absolute atomic E-state index is 0. The first-order valence-electron chi connectivity index (χ1n) is 8.10. The number of halogens is 2. The molecule has 1 aromatic rings. The predicted molar refractivity (Wildman–Crippen MR) is 89.2 cm³/mol. The molecule has 4 nitrogen and oxygen atoms in total. The first-order chi connectivity index (χ1) is 10.7. The van der Waals surface area contributed by atoms with Gasteiger partial charge in [-0.05, 0) is 37.3 Å². The molecule has 1 saturated heterocycles. The number of carbonyl (C=O) groups is 1. The highest BCUT2D eigenvalue weighted by atomic mass is 35.5. The van der Waals surface area contributed by atoms with Crippen LogP contribution < -0.4 is 10.6 Å². The van der Waals surface area contributed by atoms with Crippen LogP contribution in [0.2, 0.25) is 0 Å². The van der Waals surface area contributed by atoms with Gasteiger partial charge in [0, 0.05) is 25.0 Å². The molecule has 1 heterocycles. The fourth-order valence-electron chi connectivity index (χ4n) is 3.42. The van der Waals surface area contributed by atoms with Crippen molar-refractivity contribution < 1.29 is 13.9 Å². The van der Waals surface area contributed by atoms with Crippen molar-refractivity contribution in [3.05, 3.63) is 35.6 Å². The van der Waals surface area contributed by atoms with Crippen molar-refractivity contribution in [1.29, 1.82) is 0 Å². The Morgan fingerprint density at radius 3 is 3.00 bits per heavy atom. The molecule has 2 fully saturated rings. The van der Waals surface area contributed by atoms with Crippen LogP contribution in [0.3, 0.4) is 0 Å². The van der Waals surface area contributed by atoms with E-state index in [0.717, 1.165) is 32.4 Å². The number of hydrogen-bond acceptors (Lipinski definition) is 3. The van der Waals surface area contributed by atoms with Crippen LogP contribution in [-0.2, 0) is 16.0 Å². The number of amides is 1. The summed E-state index contributed by atoms with van der Waals surface area (Å²) in [7, 11) is 0. The molecule has 1 aliphatic heterocycles. The van der Waals surface area contributed by atoms with Crippen LogP contribution in [0.25, 0.3) is 0 Å². The molecule has 3 rings (SSSR count). The molecule has 1 aromatic carbocycles. The SMILES string of the molecule is Cl.O=C(NCCc1ccccc1F)[C@H]1CC[C@H]2OCCN[C@@H]2C1. The first-order valence-corrected chi connectivity index (χ1v) is 8.10. The fourth-order valence-corrected chi connectivity index (χ4v) is 3.42. The average molecular weight is 343 g/mol. The van der Waals surface area contributed by atoms with Crippen LogP contribution in [0.5, 0.6) is 0 Å². The molecule has 6 heteroatoms. The lowest BCUT2D eigenvalue weighted by atomic mass is 9.82. The summed E-state index contributed by atoms with van der Waals surface area (Å²) >= 11 is 0. The highest BCUT2D eigenvalue weighted by Gasteiger charge is 2.35. The molecule has 0 unspecified atom stereocenters. The Morgan fingerprint density at radius 1 is 1.35 bits per heavy atom.